The topological polar surface area (TPSA) is 94.6 Å². The Kier molecular flexibility index (Phi) is 4.89. The Hall–Kier alpha value is -2.57. The number of hydrogen-bond donors (Lipinski definition) is 4. The first-order chi connectivity index (χ1) is 12.2. The van der Waals surface area contributed by atoms with Crippen molar-refractivity contribution < 1.29 is 19.7 Å². The molecule has 3 rings (SSSR count). The Morgan fingerprint density at radius 3 is 2.54 bits per heavy atom. The minimum absolute atomic E-state index is 0.110. The molecule has 0 saturated carbocycles. The molecule has 1 aromatic heterocycles. The van der Waals surface area contributed by atoms with Gasteiger partial charge in [0.1, 0.15) is 17.8 Å². The van der Waals surface area contributed by atoms with Gasteiger partial charge < -0.3 is 25.3 Å². The van der Waals surface area contributed by atoms with Crippen LogP contribution in [0.15, 0.2) is 42.5 Å². The molecule has 0 radical (unpaired) electrons. The second-order valence-corrected chi connectivity index (χ2v) is 7.37. The molecular formula is C20H24N2O4. The summed E-state index contributed by atoms with van der Waals surface area (Å²) in [6.07, 6.45) is -2.90. The lowest BCUT2D eigenvalue weighted by molar-refractivity contribution is 0.0130. The summed E-state index contributed by atoms with van der Waals surface area (Å²) in [4.78, 5) is 15.0. The van der Waals surface area contributed by atoms with E-state index in [1.165, 1.54) is 0 Å². The first-order valence-electron chi connectivity index (χ1n) is 8.58. The number of carbonyl (C=O) groups excluding carboxylic acids is 1. The van der Waals surface area contributed by atoms with Crippen molar-refractivity contribution in [3.63, 3.8) is 0 Å². The van der Waals surface area contributed by atoms with Crippen molar-refractivity contribution in [1.29, 1.82) is 0 Å². The molecule has 0 fully saturated rings. The maximum atomic E-state index is 11.7. The molecule has 2 aromatic carbocycles. The van der Waals surface area contributed by atoms with Gasteiger partial charge in [-0.05, 0) is 38.5 Å². The predicted molar refractivity (Wildman–Crippen MR) is 101 cm³/mol. The fourth-order valence-corrected chi connectivity index (χ4v) is 2.89. The lowest BCUT2D eigenvalue weighted by Crippen LogP contribution is -2.38. The van der Waals surface area contributed by atoms with E-state index in [9.17, 15) is 15.0 Å². The van der Waals surface area contributed by atoms with Crippen molar-refractivity contribution in [2.75, 3.05) is 6.54 Å². The van der Waals surface area contributed by atoms with Gasteiger partial charge in [0.05, 0.1) is 0 Å². The molecule has 0 aliphatic rings. The first kappa shape index (κ1) is 18.2. The van der Waals surface area contributed by atoms with Gasteiger partial charge in [-0.15, -0.1) is 0 Å². The number of aromatic amines is 1. The summed E-state index contributed by atoms with van der Waals surface area (Å²) in [6, 6.07) is 13.5. The van der Waals surface area contributed by atoms with E-state index in [4.69, 9.17) is 4.74 Å². The average Bonchev–Trinajstić information content (AvgIpc) is 2.95. The summed E-state index contributed by atoms with van der Waals surface area (Å²) in [5.41, 5.74) is 1.85. The van der Waals surface area contributed by atoms with Gasteiger partial charge in [-0.1, -0.05) is 30.3 Å². The fourth-order valence-electron chi connectivity index (χ4n) is 2.89. The second-order valence-electron chi connectivity index (χ2n) is 7.37. The summed E-state index contributed by atoms with van der Waals surface area (Å²) in [6.45, 7) is 5.16. The number of nitrogens with one attached hydrogen (secondary N) is 2. The van der Waals surface area contributed by atoms with Crippen LogP contribution in [0, 0.1) is 0 Å². The van der Waals surface area contributed by atoms with Crippen LogP contribution >= 0.6 is 0 Å². The van der Waals surface area contributed by atoms with Crippen LogP contribution in [-0.4, -0.2) is 39.5 Å². The number of aromatic nitrogens is 1. The number of benzene rings is 2. The summed E-state index contributed by atoms with van der Waals surface area (Å²) in [5.74, 6) is 0. The normalized spacial score (nSPS) is 14.3. The number of aliphatic hydroxyl groups is 2. The third-order valence-electron chi connectivity index (χ3n) is 4.09. The fraction of sp³-hybridized carbons (Fsp3) is 0.350. The van der Waals surface area contributed by atoms with Crippen LogP contribution in [0.25, 0.3) is 21.8 Å². The van der Waals surface area contributed by atoms with Gasteiger partial charge >= 0.3 is 6.09 Å². The number of aliphatic hydroxyl groups excluding tert-OH is 2. The van der Waals surface area contributed by atoms with Gasteiger partial charge in [-0.3, -0.25) is 0 Å². The van der Waals surface area contributed by atoms with E-state index in [0.29, 0.717) is 5.56 Å². The average molecular weight is 356 g/mol. The molecule has 0 spiro atoms. The largest absolute Gasteiger partial charge is 0.444 e. The van der Waals surface area contributed by atoms with Gasteiger partial charge in [0, 0.05) is 28.4 Å². The minimum atomic E-state index is -1.15. The summed E-state index contributed by atoms with van der Waals surface area (Å²) in [7, 11) is 0. The molecule has 26 heavy (non-hydrogen) atoms. The Bertz CT molecular complexity index is 926. The standard InChI is InChI=1S/C20H24N2O4/c1-20(2,3)26-19(25)21-11-17(23)18(24)12-8-9-14-13-6-4-5-7-15(13)22-16(14)10-12/h4-10,17-18,22-24H,11H2,1-3H3,(H,21,25). The van der Waals surface area contributed by atoms with Crippen LogP contribution in [-0.2, 0) is 4.74 Å². The predicted octanol–water partition coefficient (Wildman–Crippen LogP) is 3.24. The molecule has 0 bridgehead atoms. The molecule has 0 aliphatic carbocycles. The number of H-pyrrole nitrogens is 1. The third kappa shape index (κ3) is 3.98. The van der Waals surface area contributed by atoms with E-state index in [2.05, 4.69) is 10.3 Å². The van der Waals surface area contributed by atoms with Crippen molar-refractivity contribution in [2.24, 2.45) is 0 Å². The summed E-state index contributed by atoms with van der Waals surface area (Å²) in [5, 5.41) is 25.2. The van der Waals surface area contributed by atoms with E-state index >= 15 is 0 Å². The van der Waals surface area contributed by atoms with Gasteiger partial charge in [-0.2, -0.15) is 0 Å². The third-order valence-corrected chi connectivity index (χ3v) is 4.09. The van der Waals surface area contributed by atoms with Crippen LogP contribution in [0.2, 0.25) is 0 Å². The van der Waals surface area contributed by atoms with Crippen molar-refractivity contribution in [3.8, 4) is 0 Å². The number of fused-ring (bicyclic) bond motifs is 3. The molecule has 2 unspecified atom stereocenters. The SMILES string of the molecule is CC(C)(C)OC(=O)NCC(O)C(O)c1ccc2c(c1)[nH]c1ccccc12. The van der Waals surface area contributed by atoms with Gasteiger partial charge in [0.25, 0.3) is 0 Å². The zero-order valence-electron chi connectivity index (χ0n) is 15.1. The van der Waals surface area contributed by atoms with Crippen LogP contribution < -0.4 is 5.32 Å². The second kappa shape index (κ2) is 6.97. The van der Waals surface area contributed by atoms with Crippen molar-refractivity contribution in [3.05, 3.63) is 48.0 Å². The van der Waals surface area contributed by atoms with Gasteiger partial charge in [-0.25, -0.2) is 4.79 Å². The molecule has 138 valence electrons. The van der Waals surface area contributed by atoms with E-state index in [1.807, 2.05) is 36.4 Å². The number of para-hydroxylation sites is 1. The Morgan fingerprint density at radius 1 is 1.12 bits per heavy atom. The monoisotopic (exact) mass is 356 g/mol. The Labute approximate surface area is 151 Å². The molecule has 0 saturated heterocycles. The Balaban J connectivity index is 1.71. The van der Waals surface area contributed by atoms with Crippen molar-refractivity contribution >= 4 is 27.9 Å². The number of ether oxygens (including phenoxy) is 1. The number of amides is 1. The maximum absolute atomic E-state index is 11.7. The van der Waals surface area contributed by atoms with Crippen molar-refractivity contribution in [1.82, 2.24) is 10.3 Å². The molecule has 4 N–H and O–H groups in total. The van der Waals surface area contributed by atoms with Crippen LogP contribution in [0.3, 0.4) is 0 Å². The summed E-state index contributed by atoms with van der Waals surface area (Å²) < 4.78 is 5.12. The van der Waals surface area contributed by atoms with E-state index in [0.717, 1.165) is 21.8 Å². The van der Waals surface area contributed by atoms with E-state index < -0.39 is 23.9 Å². The molecule has 0 aliphatic heterocycles. The van der Waals surface area contributed by atoms with E-state index in [-0.39, 0.29) is 6.54 Å². The van der Waals surface area contributed by atoms with E-state index in [1.54, 1.807) is 26.8 Å². The van der Waals surface area contributed by atoms with Crippen LogP contribution in [0.4, 0.5) is 4.79 Å². The lowest BCUT2D eigenvalue weighted by Gasteiger charge is -2.22. The van der Waals surface area contributed by atoms with Gasteiger partial charge in [0.2, 0.25) is 0 Å². The molecule has 3 aromatic rings. The zero-order chi connectivity index (χ0) is 18.9. The smallest absolute Gasteiger partial charge is 0.407 e. The Morgan fingerprint density at radius 2 is 1.81 bits per heavy atom. The highest BCUT2D eigenvalue weighted by Crippen LogP contribution is 2.28. The maximum Gasteiger partial charge on any atom is 0.407 e. The molecular weight excluding hydrogens is 332 g/mol. The highest BCUT2D eigenvalue weighted by atomic mass is 16.6. The molecule has 2 atom stereocenters. The highest BCUT2D eigenvalue weighted by molar-refractivity contribution is 6.07. The molecule has 6 heteroatoms. The molecule has 1 heterocycles. The number of hydrogen-bond acceptors (Lipinski definition) is 4. The zero-order valence-corrected chi connectivity index (χ0v) is 15.1. The molecule has 6 nitrogen and oxygen atoms in total. The highest BCUT2D eigenvalue weighted by Gasteiger charge is 2.22. The van der Waals surface area contributed by atoms with Crippen LogP contribution in [0.5, 0.6) is 0 Å². The van der Waals surface area contributed by atoms with Crippen molar-refractivity contribution in [2.45, 2.75) is 38.6 Å². The first-order valence-corrected chi connectivity index (χ1v) is 8.58. The molecule has 1 amide bonds. The summed E-state index contributed by atoms with van der Waals surface area (Å²) >= 11 is 0. The number of carbonyl (C=O) groups is 1. The minimum Gasteiger partial charge on any atom is -0.444 e. The quantitative estimate of drug-likeness (QED) is 0.577. The van der Waals surface area contributed by atoms with Crippen LogP contribution in [0.1, 0.15) is 32.4 Å². The number of alkyl carbamates (subject to hydrolysis) is 1. The number of rotatable bonds is 4. The lowest BCUT2D eigenvalue weighted by atomic mass is 10.0. The van der Waals surface area contributed by atoms with Gasteiger partial charge in [0.15, 0.2) is 0 Å².